The van der Waals surface area contributed by atoms with E-state index in [1.54, 1.807) is 23.0 Å². The Morgan fingerprint density at radius 2 is 1.96 bits per heavy atom. The zero-order valence-electron chi connectivity index (χ0n) is 15.4. The molecule has 3 rings (SSSR count). The fourth-order valence-corrected chi connectivity index (χ4v) is 3.43. The first-order valence-electron chi connectivity index (χ1n) is 9.18. The molecule has 2 heterocycles. The second-order valence-corrected chi connectivity index (χ2v) is 6.65. The van der Waals surface area contributed by atoms with E-state index < -0.39 is 5.97 Å². The summed E-state index contributed by atoms with van der Waals surface area (Å²) in [6.07, 6.45) is 5.88. The van der Waals surface area contributed by atoms with E-state index in [2.05, 4.69) is 12.0 Å². The third-order valence-corrected chi connectivity index (χ3v) is 4.93. The van der Waals surface area contributed by atoms with E-state index in [1.165, 1.54) is 0 Å². The number of esters is 1. The molecule has 2 aromatic rings. The van der Waals surface area contributed by atoms with Crippen LogP contribution in [-0.4, -0.2) is 45.8 Å². The number of hydrogen-bond acceptors (Lipinski definition) is 4. The van der Waals surface area contributed by atoms with Crippen molar-refractivity contribution < 1.29 is 14.3 Å². The Labute approximate surface area is 153 Å². The lowest BCUT2D eigenvalue weighted by Crippen LogP contribution is -2.45. The van der Waals surface area contributed by atoms with Crippen LogP contribution in [0.5, 0.6) is 0 Å². The summed E-state index contributed by atoms with van der Waals surface area (Å²) in [4.78, 5) is 26.5. The van der Waals surface area contributed by atoms with E-state index in [4.69, 9.17) is 4.74 Å². The molecule has 1 amide bonds. The summed E-state index contributed by atoms with van der Waals surface area (Å²) in [6.45, 7) is 4.61. The standard InChI is InChI=1S/C20H25N3O3/c1-3-17-6-4-5-13-22(17)19(24)14-26-20(25)16-7-9-18(10-8-16)23-15(2)11-12-21-23/h7-12,17H,3-6,13-14H2,1-2H3/t17-/m0/s1. The molecule has 0 bridgehead atoms. The monoisotopic (exact) mass is 355 g/mol. The number of aryl methyl sites for hydroxylation is 1. The molecule has 1 aromatic carbocycles. The normalized spacial score (nSPS) is 17.2. The van der Waals surface area contributed by atoms with Crippen LogP contribution in [0.1, 0.15) is 48.7 Å². The highest BCUT2D eigenvalue weighted by molar-refractivity contribution is 5.91. The molecule has 1 aliphatic heterocycles. The number of benzene rings is 1. The molecule has 0 unspecified atom stereocenters. The Morgan fingerprint density at radius 1 is 1.19 bits per heavy atom. The summed E-state index contributed by atoms with van der Waals surface area (Å²) < 4.78 is 7.03. The number of carbonyl (C=O) groups is 2. The van der Waals surface area contributed by atoms with Crippen LogP contribution in [0.4, 0.5) is 0 Å². The summed E-state index contributed by atoms with van der Waals surface area (Å²) in [5.41, 5.74) is 2.31. The fraction of sp³-hybridized carbons (Fsp3) is 0.450. The van der Waals surface area contributed by atoms with Gasteiger partial charge in [-0.1, -0.05) is 6.92 Å². The van der Waals surface area contributed by atoms with E-state index in [0.29, 0.717) is 5.56 Å². The van der Waals surface area contributed by atoms with Crippen LogP contribution >= 0.6 is 0 Å². The van der Waals surface area contributed by atoms with E-state index in [-0.39, 0.29) is 18.6 Å². The highest BCUT2D eigenvalue weighted by Gasteiger charge is 2.26. The number of aromatic nitrogens is 2. The van der Waals surface area contributed by atoms with Crippen molar-refractivity contribution in [1.82, 2.24) is 14.7 Å². The highest BCUT2D eigenvalue weighted by Crippen LogP contribution is 2.19. The lowest BCUT2D eigenvalue weighted by Gasteiger charge is -2.35. The number of carbonyl (C=O) groups excluding carboxylic acids is 2. The minimum absolute atomic E-state index is 0.103. The number of hydrogen-bond donors (Lipinski definition) is 0. The Hall–Kier alpha value is -2.63. The number of likely N-dealkylation sites (tertiary alicyclic amines) is 1. The molecular formula is C20H25N3O3. The predicted molar refractivity (Wildman–Crippen MR) is 98.2 cm³/mol. The van der Waals surface area contributed by atoms with Gasteiger partial charge in [0, 0.05) is 24.5 Å². The van der Waals surface area contributed by atoms with Gasteiger partial charge in [0.15, 0.2) is 6.61 Å². The van der Waals surface area contributed by atoms with Gasteiger partial charge in [0.05, 0.1) is 11.3 Å². The number of nitrogens with zero attached hydrogens (tertiary/aromatic N) is 3. The van der Waals surface area contributed by atoms with Gasteiger partial charge in [0.1, 0.15) is 0 Å². The molecule has 138 valence electrons. The highest BCUT2D eigenvalue weighted by atomic mass is 16.5. The van der Waals surface area contributed by atoms with Crippen molar-refractivity contribution in [2.75, 3.05) is 13.2 Å². The smallest absolute Gasteiger partial charge is 0.338 e. The largest absolute Gasteiger partial charge is 0.452 e. The molecule has 0 N–H and O–H groups in total. The predicted octanol–water partition coefficient (Wildman–Crippen LogP) is 3.13. The van der Waals surface area contributed by atoms with Gasteiger partial charge in [-0.25, -0.2) is 9.48 Å². The quantitative estimate of drug-likeness (QED) is 0.773. The van der Waals surface area contributed by atoms with Crippen molar-refractivity contribution in [3.63, 3.8) is 0 Å². The van der Waals surface area contributed by atoms with Crippen LogP contribution < -0.4 is 0 Å². The summed E-state index contributed by atoms with van der Waals surface area (Å²) in [5, 5.41) is 4.24. The third kappa shape index (κ3) is 3.95. The van der Waals surface area contributed by atoms with E-state index >= 15 is 0 Å². The van der Waals surface area contributed by atoms with Crippen LogP contribution in [0.2, 0.25) is 0 Å². The molecule has 0 spiro atoms. The molecule has 1 saturated heterocycles. The average molecular weight is 355 g/mol. The van der Waals surface area contributed by atoms with Gasteiger partial charge in [0.25, 0.3) is 5.91 Å². The van der Waals surface area contributed by atoms with Gasteiger partial charge in [-0.05, 0) is 62.9 Å². The second kappa shape index (κ2) is 8.17. The molecule has 0 radical (unpaired) electrons. The minimum Gasteiger partial charge on any atom is -0.452 e. The van der Waals surface area contributed by atoms with Crippen LogP contribution in [0.25, 0.3) is 5.69 Å². The number of amides is 1. The average Bonchev–Trinajstić information content (AvgIpc) is 3.11. The molecule has 26 heavy (non-hydrogen) atoms. The van der Waals surface area contributed by atoms with Crippen molar-refractivity contribution in [1.29, 1.82) is 0 Å². The molecule has 6 nitrogen and oxygen atoms in total. The first-order valence-corrected chi connectivity index (χ1v) is 9.18. The van der Waals surface area contributed by atoms with Crippen molar-refractivity contribution in [3.05, 3.63) is 47.8 Å². The molecule has 1 aromatic heterocycles. The van der Waals surface area contributed by atoms with Crippen LogP contribution in [0.15, 0.2) is 36.5 Å². The molecular weight excluding hydrogens is 330 g/mol. The van der Waals surface area contributed by atoms with Gasteiger partial charge in [-0.3, -0.25) is 4.79 Å². The van der Waals surface area contributed by atoms with Crippen LogP contribution in [0, 0.1) is 6.92 Å². The Bertz CT molecular complexity index is 767. The summed E-state index contributed by atoms with van der Waals surface area (Å²) in [6, 6.07) is 9.20. The molecule has 1 aliphatic rings. The lowest BCUT2D eigenvalue weighted by molar-refractivity contribution is -0.138. The maximum absolute atomic E-state index is 12.4. The zero-order chi connectivity index (χ0) is 18.5. The molecule has 1 atom stereocenters. The first kappa shape index (κ1) is 18.2. The second-order valence-electron chi connectivity index (χ2n) is 6.65. The van der Waals surface area contributed by atoms with Crippen molar-refractivity contribution in [2.24, 2.45) is 0 Å². The number of ether oxygens (including phenoxy) is 1. The van der Waals surface area contributed by atoms with E-state index in [1.807, 2.05) is 30.0 Å². The van der Waals surface area contributed by atoms with Gasteiger partial charge in [-0.2, -0.15) is 5.10 Å². The zero-order valence-corrected chi connectivity index (χ0v) is 15.4. The van der Waals surface area contributed by atoms with E-state index in [0.717, 1.165) is 43.6 Å². The van der Waals surface area contributed by atoms with Gasteiger partial charge in [-0.15, -0.1) is 0 Å². The summed E-state index contributed by atoms with van der Waals surface area (Å²) >= 11 is 0. The molecule has 0 aliphatic carbocycles. The Kier molecular flexibility index (Phi) is 5.71. The minimum atomic E-state index is -0.479. The van der Waals surface area contributed by atoms with Crippen molar-refractivity contribution in [2.45, 2.75) is 45.6 Å². The van der Waals surface area contributed by atoms with E-state index in [9.17, 15) is 9.59 Å². The van der Waals surface area contributed by atoms with Gasteiger partial charge >= 0.3 is 5.97 Å². The number of piperidine rings is 1. The maximum Gasteiger partial charge on any atom is 0.338 e. The number of rotatable bonds is 5. The first-order chi connectivity index (χ1) is 12.6. The van der Waals surface area contributed by atoms with Gasteiger partial charge in [0.2, 0.25) is 0 Å². The van der Waals surface area contributed by atoms with Crippen molar-refractivity contribution in [3.8, 4) is 5.69 Å². The maximum atomic E-state index is 12.4. The lowest BCUT2D eigenvalue weighted by atomic mass is 10.00. The molecule has 0 saturated carbocycles. The fourth-order valence-electron chi connectivity index (χ4n) is 3.43. The topological polar surface area (TPSA) is 64.4 Å². The SMILES string of the molecule is CC[C@H]1CCCCN1C(=O)COC(=O)c1ccc(-n2nccc2C)cc1. The van der Waals surface area contributed by atoms with Crippen molar-refractivity contribution >= 4 is 11.9 Å². The Balaban J connectivity index is 1.58. The molecule has 6 heteroatoms. The summed E-state index contributed by atoms with van der Waals surface area (Å²) in [5.74, 6) is -0.583. The molecule has 1 fully saturated rings. The Morgan fingerprint density at radius 3 is 2.62 bits per heavy atom. The summed E-state index contributed by atoms with van der Waals surface area (Å²) in [7, 11) is 0. The van der Waals surface area contributed by atoms with Crippen LogP contribution in [0.3, 0.4) is 0 Å². The van der Waals surface area contributed by atoms with Crippen LogP contribution in [-0.2, 0) is 9.53 Å². The third-order valence-electron chi connectivity index (χ3n) is 4.93. The van der Waals surface area contributed by atoms with Gasteiger partial charge < -0.3 is 9.64 Å².